The van der Waals surface area contributed by atoms with Crippen LogP contribution in [0.25, 0.3) is 21.6 Å². The molecule has 64 heavy (non-hydrogen) atoms. The molecule has 4 aromatic rings. The van der Waals surface area contributed by atoms with Gasteiger partial charge in [-0.05, 0) is 101 Å². The van der Waals surface area contributed by atoms with Crippen LogP contribution in [0.2, 0.25) is 0 Å². The molecule has 12 nitrogen and oxygen atoms in total. The van der Waals surface area contributed by atoms with E-state index in [4.69, 9.17) is 18.5 Å². The van der Waals surface area contributed by atoms with Crippen molar-refractivity contribution in [3.05, 3.63) is 101 Å². The van der Waals surface area contributed by atoms with Crippen LogP contribution in [0.5, 0.6) is 0 Å². The molecule has 2 heterocycles. The molecule has 0 spiro atoms. The number of benzene rings is 3. The van der Waals surface area contributed by atoms with Gasteiger partial charge in [-0.2, -0.15) is 0 Å². The number of amides is 2. The number of aromatic nitrogens is 1. The van der Waals surface area contributed by atoms with Gasteiger partial charge in [0.05, 0.1) is 52.5 Å². The van der Waals surface area contributed by atoms with Crippen molar-refractivity contribution in [2.45, 2.75) is 143 Å². The molecular formula is C50H67N4O8PS. The smallest absolute Gasteiger partial charge is 0.407 e. The van der Waals surface area contributed by atoms with E-state index in [1.54, 1.807) is 57.8 Å². The summed E-state index contributed by atoms with van der Waals surface area (Å²) < 4.78 is 37.7. The van der Waals surface area contributed by atoms with Crippen LogP contribution in [0.4, 0.5) is 4.79 Å². The van der Waals surface area contributed by atoms with E-state index < -0.39 is 54.5 Å². The number of esters is 1. The molecule has 2 aliphatic rings. The molecule has 2 unspecified atom stereocenters. The standard InChI is InChI=1S/C50H67N4O8PS/c1-31(34-21-23-35(24-22-34)44-33(3)51-30-64-44)52-32(2)42-27-36(60-43(55)25-26-63(58,61-49(7,8)9)62-50(10,11)12)28-54(42)46(56)45(48(4,5)6)53-47(57)59-29-41-39-19-15-13-17-37(39)38-18-14-16-20-40(38)41/h13-24,30-32,36,41-42,45,52H,25-29H2,1-12H3,(H,53,57)/t31-,32?,36+,42?,45+/m0/s1. The van der Waals surface area contributed by atoms with Crippen LogP contribution in [0.1, 0.15) is 123 Å². The monoisotopic (exact) mass is 914 g/mol. The molecule has 1 aliphatic carbocycles. The second-order valence-electron chi connectivity index (χ2n) is 20.2. The summed E-state index contributed by atoms with van der Waals surface area (Å²) in [6.45, 7) is 22.8. The molecule has 5 atom stereocenters. The highest BCUT2D eigenvalue weighted by molar-refractivity contribution is 7.54. The maximum absolute atomic E-state index is 14.9. The Hall–Kier alpha value is -4.39. The second kappa shape index (κ2) is 19.6. The van der Waals surface area contributed by atoms with E-state index in [1.165, 1.54) is 0 Å². The normalized spacial score (nSPS) is 18.2. The number of likely N-dealkylation sites (tertiary alicyclic amines) is 1. The SMILES string of the molecule is Cc1ncsc1-c1ccc([C@H](C)NC(C)C2C[C@@H](OC(=O)CCP(=O)(OC(C)(C)C)OC(C)(C)C)CN2C(=O)[C@@H](NC(=O)OCC2c3ccccc3-c3ccccc32)C(C)(C)C)cc1. The minimum absolute atomic E-state index is 0.0951. The number of nitrogens with zero attached hydrogens (tertiary/aromatic N) is 2. The van der Waals surface area contributed by atoms with Gasteiger partial charge in [-0.3, -0.25) is 14.2 Å². The molecule has 2 amide bonds. The number of fused-ring (bicyclic) bond motifs is 3. The van der Waals surface area contributed by atoms with E-state index in [-0.39, 0.29) is 49.6 Å². The lowest BCUT2D eigenvalue weighted by Gasteiger charge is -2.37. The molecule has 1 fully saturated rings. The molecule has 1 aromatic heterocycles. The minimum Gasteiger partial charge on any atom is -0.460 e. The Bertz CT molecular complexity index is 2260. The van der Waals surface area contributed by atoms with Crippen LogP contribution in [0, 0.1) is 12.3 Å². The van der Waals surface area contributed by atoms with Crippen LogP contribution >= 0.6 is 18.9 Å². The number of thiazole rings is 1. The zero-order chi connectivity index (χ0) is 46.8. The Morgan fingerprint density at radius 3 is 1.97 bits per heavy atom. The van der Waals surface area contributed by atoms with Crippen molar-refractivity contribution in [3.63, 3.8) is 0 Å². The maximum atomic E-state index is 14.9. The highest BCUT2D eigenvalue weighted by Gasteiger charge is 2.46. The van der Waals surface area contributed by atoms with Crippen molar-refractivity contribution < 1.29 is 37.5 Å². The quantitative estimate of drug-likeness (QED) is 0.0873. The zero-order valence-corrected chi connectivity index (χ0v) is 41.2. The lowest BCUT2D eigenvalue weighted by Crippen LogP contribution is -2.58. The van der Waals surface area contributed by atoms with Crippen LogP contribution in [-0.2, 0) is 32.7 Å². The maximum Gasteiger partial charge on any atom is 0.407 e. The van der Waals surface area contributed by atoms with Gasteiger partial charge in [0.1, 0.15) is 18.8 Å². The molecule has 0 bridgehead atoms. The molecule has 2 N–H and O–H groups in total. The van der Waals surface area contributed by atoms with E-state index in [1.807, 2.05) is 64.4 Å². The van der Waals surface area contributed by atoms with Crippen molar-refractivity contribution in [2.75, 3.05) is 19.3 Å². The molecule has 1 saturated heterocycles. The summed E-state index contributed by atoms with van der Waals surface area (Å²) in [5.74, 6) is -1.02. The molecule has 14 heteroatoms. The first-order chi connectivity index (χ1) is 29.9. The average Bonchev–Trinajstić information content (AvgIpc) is 3.92. The van der Waals surface area contributed by atoms with E-state index in [0.717, 1.165) is 44.0 Å². The number of carbonyl (C=O) groups is 3. The van der Waals surface area contributed by atoms with Gasteiger partial charge >= 0.3 is 19.7 Å². The van der Waals surface area contributed by atoms with Crippen LogP contribution in [-0.4, -0.2) is 82.6 Å². The summed E-state index contributed by atoms with van der Waals surface area (Å²) in [6, 6.07) is 22.9. The summed E-state index contributed by atoms with van der Waals surface area (Å²) in [6.07, 6.45) is -1.37. The highest BCUT2D eigenvalue weighted by atomic mass is 32.1. The molecule has 0 radical (unpaired) electrons. The Morgan fingerprint density at radius 2 is 1.44 bits per heavy atom. The van der Waals surface area contributed by atoms with Crippen molar-refractivity contribution in [1.82, 2.24) is 20.5 Å². The molecule has 3 aromatic carbocycles. The van der Waals surface area contributed by atoms with Gasteiger partial charge in [-0.25, -0.2) is 9.78 Å². The van der Waals surface area contributed by atoms with Gasteiger partial charge in [0.15, 0.2) is 0 Å². The van der Waals surface area contributed by atoms with Gasteiger partial charge in [-0.1, -0.05) is 93.6 Å². The number of hydrogen-bond acceptors (Lipinski definition) is 11. The number of alkyl carbamates (subject to hydrolysis) is 1. The number of rotatable bonds is 15. The van der Waals surface area contributed by atoms with Gasteiger partial charge < -0.3 is 34.1 Å². The predicted octanol–water partition coefficient (Wildman–Crippen LogP) is 10.8. The molecule has 1 aliphatic heterocycles. The largest absolute Gasteiger partial charge is 0.460 e. The summed E-state index contributed by atoms with van der Waals surface area (Å²) >= 11 is 1.61. The summed E-state index contributed by atoms with van der Waals surface area (Å²) in [7, 11) is -3.70. The second-order valence-corrected chi connectivity index (χ2v) is 23.1. The lowest BCUT2D eigenvalue weighted by atomic mass is 9.85. The third kappa shape index (κ3) is 12.3. The summed E-state index contributed by atoms with van der Waals surface area (Å²) in [5.41, 5.74) is 7.17. The summed E-state index contributed by atoms with van der Waals surface area (Å²) in [5, 5.41) is 6.65. The Balaban J connectivity index is 1.19. The van der Waals surface area contributed by atoms with Crippen molar-refractivity contribution >= 4 is 36.9 Å². The zero-order valence-electron chi connectivity index (χ0n) is 39.5. The van der Waals surface area contributed by atoms with Crippen molar-refractivity contribution in [3.8, 4) is 21.6 Å². The highest BCUT2D eigenvalue weighted by Crippen LogP contribution is 2.55. The van der Waals surface area contributed by atoms with E-state index in [9.17, 15) is 18.9 Å². The number of carbonyl (C=O) groups excluding carboxylic acids is 3. The van der Waals surface area contributed by atoms with Gasteiger partial charge in [0.25, 0.3) is 0 Å². The first-order valence-corrected chi connectivity index (χ1v) is 24.9. The van der Waals surface area contributed by atoms with Gasteiger partial charge in [0.2, 0.25) is 5.91 Å². The number of ether oxygens (including phenoxy) is 2. The van der Waals surface area contributed by atoms with Crippen molar-refractivity contribution in [1.29, 1.82) is 0 Å². The Labute approximate surface area is 383 Å². The van der Waals surface area contributed by atoms with Gasteiger partial charge in [0, 0.05) is 24.4 Å². The fourth-order valence-electron chi connectivity index (χ4n) is 8.73. The number of aryl methyl sites for hydroxylation is 1. The molecular weight excluding hydrogens is 848 g/mol. The Kier molecular flexibility index (Phi) is 15.0. The number of hydrogen-bond donors (Lipinski definition) is 2. The first kappa shape index (κ1) is 49.1. The lowest BCUT2D eigenvalue weighted by molar-refractivity contribution is -0.149. The van der Waals surface area contributed by atoms with Crippen molar-refractivity contribution in [2.24, 2.45) is 5.41 Å². The van der Waals surface area contributed by atoms with Crippen LogP contribution in [0.3, 0.4) is 0 Å². The van der Waals surface area contributed by atoms with E-state index >= 15 is 0 Å². The molecule has 6 rings (SSSR count). The third-order valence-electron chi connectivity index (χ3n) is 11.5. The predicted molar refractivity (Wildman–Crippen MR) is 254 cm³/mol. The van der Waals surface area contributed by atoms with Crippen LogP contribution < -0.4 is 10.6 Å². The van der Waals surface area contributed by atoms with E-state index in [0.29, 0.717) is 6.42 Å². The fraction of sp³-hybridized carbons (Fsp3) is 0.520. The third-order valence-corrected chi connectivity index (χ3v) is 14.9. The topological polar surface area (TPSA) is 145 Å². The summed E-state index contributed by atoms with van der Waals surface area (Å²) in [4.78, 5) is 49.5. The Morgan fingerprint density at radius 1 is 0.859 bits per heavy atom. The molecule has 0 saturated carbocycles. The minimum atomic E-state index is -3.70. The van der Waals surface area contributed by atoms with Crippen LogP contribution in [0.15, 0.2) is 78.3 Å². The van der Waals surface area contributed by atoms with E-state index in [2.05, 4.69) is 71.1 Å². The first-order valence-electron chi connectivity index (χ1n) is 22.3. The fourth-order valence-corrected chi connectivity index (χ4v) is 11.9. The average molecular weight is 915 g/mol. The molecule has 346 valence electrons. The number of nitrogens with one attached hydrogen (secondary N) is 2. The van der Waals surface area contributed by atoms with Gasteiger partial charge in [-0.15, -0.1) is 11.3 Å².